The van der Waals surface area contributed by atoms with E-state index in [9.17, 15) is 0 Å². The maximum atomic E-state index is 8.10. The van der Waals surface area contributed by atoms with Crippen molar-refractivity contribution < 1.29 is 8.85 Å². The van der Waals surface area contributed by atoms with Gasteiger partial charge in [-0.3, -0.25) is 9.47 Å². The predicted octanol–water partition coefficient (Wildman–Crippen LogP) is 9.33. The molecule has 0 bridgehead atoms. The largest absolute Gasteiger partial charge is 0.457 e. The summed E-state index contributed by atoms with van der Waals surface area (Å²) in [7, 11) is 0. The lowest BCUT2D eigenvalue weighted by molar-refractivity contribution is 0.483. The van der Waals surface area contributed by atoms with E-state index in [2.05, 4.69) is 68.3 Å². The zero-order valence-corrected chi connectivity index (χ0v) is 23.3. The van der Waals surface area contributed by atoms with Crippen LogP contribution in [0.4, 0.5) is 17.1 Å². The van der Waals surface area contributed by atoms with E-state index in [0.29, 0.717) is 23.0 Å². The summed E-state index contributed by atoms with van der Waals surface area (Å²) in [5.74, 6) is 2.51. The fourth-order valence-corrected chi connectivity index (χ4v) is 5.60. The Morgan fingerprint density at radius 1 is 0.756 bits per heavy atom. The number of nitrogens with zero attached hydrogens (tertiary/aromatic N) is 4. The van der Waals surface area contributed by atoms with Gasteiger partial charge in [-0.25, -0.2) is 4.98 Å². The lowest BCUT2D eigenvalue weighted by atomic mass is 9.88. The van der Waals surface area contributed by atoms with Crippen LogP contribution in [0.3, 0.4) is 0 Å². The Morgan fingerprint density at radius 2 is 1.51 bits per heavy atom. The number of aromatic nitrogens is 2. The van der Waals surface area contributed by atoms with Gasteiger partial charge in [0.1, 0.15) is 23.1 Å². The molecule has 6 aromatic rings. The van der Waals surface area contributed by atoms with Crippen LogP contribution in [0, 0.1) is 0 Å². The fraction of sp³-hybridized carbons (Fsp3) is 0.139. The van der Waals surface area contributed by atoms with E-state index >= 15 is 0 Å². The molecule has 0 saturated carbocycles. The molecule has 0 atom stereocenters. The van der Waals surface area contributed by atoms with E-state index in [1.165, 1.54) is 10.5 Å². The Hall–Kier alpha value is -5.03. The zero-order valence-electron chi connectivity index (χ0n) is 26.3. The maximum absolute atomic E-state index is 8.10. The number of benzene rings is 4. The first-order valence-corrected chi connectivity index (χ1v) is 13.7. The topological polar surface area (TPSA) is 33.5 Å². The lowest BCUT2D eigenvalue weighted by Crippen LogP contribution is -2.20. The first-order chi connectivity index (χ1) is 21.0. The molecule has 7 rings (SSSR count). The standard InChI is InChI=1S/C36H32N4O/c1-24-38(5)32-15-8-9-16-33(32)39(24)26-11-10-12-27(22-26)41-28-17-18-30-29-13-6-7-14-31(29)40(34(30)23-28)35-21-25(19-20-37-35)36(2,3)4/h6-23H,1H2,2-5H3/i5D3. The van der Waals surface area contributed by atoms with Crippen LogP contribution in [0.25, 0.3) is 27.6 Å². The van der Waals surface area contributed by atoms with Gasteiger partial charge in [0.2, 0.25) is 0 Å². The second kappa shape index (κ2) is 9.27. The van der Waals surface area contributed by atoms with Gasteiger partial charge in [0.25, 0.3) is 0 Å². The van der Waals surface area contributed by atoms with Gasteiger partial charge < -0.3 is 9.64 Å². The molecule has 2 aromatic heterocycles. The molecule has 202 valence electrons. The number of pyridine rings is 1. The van der Waals surface area contributed by atoms with Gasteiger partial charge in [-0.15, -0.1) is 0 Å². The van der Waals surface area contributed by atoms with Crippen molar-refractivity contribution in [2.24, 2.45) is 0 Å². The first-order valence-electron chi connectivity index (χ1n) is 15.2. The lowest BCUT2D eigenvalue weighted by Gasteiger charge is -2.22. The highest BCUT2D eigenvalue weighted by atomic mass is 16.5. The smallest absolute Gasteiger partial charge is 0.137 e. The van der Waals surface area contributed by atoms with Gasteiger partial charge >= 0.3 is 0 Å². The van der Waals surface area contributed by atoms with Crippen molar-refractivity contribution in [2.45, 2.75) is 26.2 Å². The molecule has 1 aliphatic heterocycles. The van der Waals surface area contributed by atoms with Crippen molar-refractivity contribution >= 4 is 38.9 Å². The van der Waals surface area contributed by atoms with Crippen LogP contribution >= 0.6 is 0 Å². The number of hydrogen-bond donors (Lipinski definition) is 0. The minimum absolute atomic E-state index is 0.0165. The predicted molar refractivity (Wildman–Crippen MR) is 170 cm³/mol. The van der Waals surface area contributed by atoms with Gasteiger partial charge in [0, 0.05) is 40.2 Å². The summed E-state index contributed by atoms with van der Waals surface area (Å²) in [6, 6.07) is 33.7. The molecular formula is C36H32N4O. The summed E-state index contributed by atoms with van der Waals surface area (Å²) in [5, 5.41) is 2.25. The average Bonchev–Trinajstić information content (AvgIpc) is 3.48. The number of rotatable bonds is 4. The zero-order chi connectivity index (χ0) is 30.8. The summed E-state index contributed by atoms with van der Waals surface area (Å²) >= 11 is 0. The molecule has 0 unspecified atom stereocenters. The molecule has 1 aliphatic rings. The number of fused-ring (bicyclic) bond motifs is 4. The molecule has 3 heterocycles. The molecule has 0 saturated heterocycles. The van der Waals surface area contributed by atoms with Gasteiger partial charge in [-0.2, -0.15) is 0 Å². The summed E-state index contributed by atoms with van der Waals surface area (Å²) in [5.41, 5.74) is 5.36. The Bertz CT molecular complexity index is 2070. The van der Waals surface area contributed by atoms with E-state index in [-0.39, 0.29) is 5.41 Å². The molecule has 0 aliphatic carbocycles. The Morgan fingerprint density at radius 3 is 2.34 bits per heavy atom. The average molecular weight is 540 g/mol. The summed E-state index contributed by atoms with van der Waals surface area (Å²) < 4.78 is 33.0. The number of hydrogen-bond acceptors (Lipinski definition) is 4. The van der Waals surface area contributed by atoms with E-state index in [0.717, 1.165) is 39.0 Å². The van der Waals surface area contributed by atoms with Gasteiger partial charge in [-0.05, 0) is 65.6 Å². The minimum Gasteiger partial charge on any atom is -0.457 e. The number of para-hydroxylation sites is 3. The van der Waals surface area contributed by atoms with Crippen LogP contribution in [0.5, 0.6) is 11.5 Å². The van der Waals surface area contributed by atoms with Crippen LogP contribution < -0.4 is 14.5 Å². The second-order valence-corrected chi connectivity index (χ2v) is 11.4. The highest BCUT2D eigenvalue weighted by Crippen LogP contribution is 2.45. The van der Waals surface area contributed by atoms with E-state index in [4.69, 9.17) is 13.8 Å². The Labute approximate surface area is 244 Å². The Balaban J connectivity index is 1.29. The third-order valence-corrected chi connectivity index (χ3v) is 7.68. The molecule has 0 amide bonds. The van der Waals surface area contributed by atoms with Crippen LogP contribution in [0.15, 0.2) is 122 Å². The highest BCUT2D eigenvalue weighted by Gasteiger charge is 2.28. The van der Waals surface area contributed by atoms with Crippen LogP contribution in [-0.4, -0.2) is 16.5 Å². The highest BCUT2D eigenvalue weighted by molar-refractivity contribution is 6.09. The van der Waals surface area contributed by atoms with Crippen molar-refractivity contribution in [3.8, 4) is 17.3 Å². The Kier molecular flexibility index (Phi) is 4.92. The molecule has 0 radical (unpaired) electrons. The third kappa shape index (κ3) is 4.13. The monoisotopic (exact) mass is 539 g/mol. The van der Waals surface area contributed by atoms with Crippen molar-refractivity contribution in [3.63, 3.8) is 0 Å². The maximum Gasteiger partial charge on any atom is 0.137 e. The molecule has 41 heavy (non-hydrogen) atoms. The quantitative estimate of drug-likeness (QED) is 0.223. The summed E-state index contributed by atoms with van der Waals surface area (Å²) in [6.07, 6.45) is 1.88. The second-order valence-electron chi connectivity index (χ2n) is 11.4. The third-order valence-electron chi connectivity index (χ3n) is 7.68. The fourth-order valence-electron chi connectivity index (χ4n) is 5.60. The molecule has 0 spiro atoms. The van der Waals surface area contributed by atoms with Crippen molar-refractivity contribution in [3.05, 3.63) is 127 Å². The van der Waals surface area contributed by atoms with Crippen molar-refractivity contribution in [1.29, 1.82) is 0 Å². The van der Waals surface area contributed by atoms with E-state index in [1.54, 1.807) is 6.07 Å². The number of anilines is 3. The molecule has 0 N–H and O–H groups in total. The van der Waals surface area contributed by atoms with Gasteiger partial charge in [-0.1, -0.05) is 63.7 Å². The van der Waals surface area contributed by atoms with E-state index in [1.807, 2.05) is 71.8 Å². The van der Waals surface area contributed by atoms with Crippen LogP contribution in [0.1, 0.15) is 30.4 Å². The molecule has 0 fully saturated rings. The van der Waals surface area contributed by atoms with Gasteiger partial charge in [0.05, 0.1) is 28.1 Å². The minimum atomic E-state index is -2.37. The SMILES string of the molecule is [2H]C([2H])([2H])N1C(=C)N(c2cccc(Oc3ccc4c5ccccc5n(-c5cc(C(C)(C)C)ccn5)c4c3)c2)c2ccccc21. The number of ether oxygens (including phenoxy) is 1. The molecule has 5 heteroatoms. The van der Waals surface area contributed by atoms with Crippen molar-refractivity contribution in [2.75, 3.05) is 16.8 Å². The molecule has 5 nitrogen and oxygen atoms in total. The van der Waals surface area contributed by atoms with E-state index < -0.39 is 6.98 Å². The van der Waals surface area contributed by atoms with Crippen LogP contribution in [0.2, 0.25) is 0 Å². The molecular weight excluding hydrogens is 504 g/mol. The van der Waals surface area contributed by atoms with Crippen molar-refractivity contribution in [1.82, 2.24) is 9.55 Å². The van der Waals surface area contributed by atoms with Crippen LogP contribution in [-0.2, 0) is 5.41 Å². The first kappa shape index (κ1) is 21.8. The summed E-state index contributed by atoms with van der Waals surface area (Å²) in [6.45, 7) is 8.38. The normalized spacial score (nSPS) is 14.7. The molecule has 4 aromatic carbocycles. The van der Waals surface area contributed by atoms with Gasteiger partial charge in [0.15, 0.2) is 0 Å². The summed E-state index contributed by atoms with van der Waals surface area (Å²) in [4.78, 5) is 7.93.